The van der Waals surface area contributed by atoms with Gasteiger partial charge in [0.25, 0.3) is 0 Å². The minimum Gasteiger partial charge on any atom is -0.488 e. The third-order valence-electron chi connectivity index (χ3n) is 2.88. The van der Waals surface area contributed by atoms with Crippen LogP contribution < -0.4 is 4.74 Å². The van der Waals surface area contributed by atoms with E-state index in [-0.39, 0.29) is 24.6 Å². The molecular formula is C13H9NO5. The number of benzene rings is 1. The fourth-order valence-electron chi connectivity index (χ4n) is 1.99. The van der Waals surface area contributed by atoms with Gasteiger partial charge in [-0.15, -0.1) is 0 Å². The van der Waals surface area contributed by atoms with Crippen molar-refractivity contribution in [1.82, 2.24) is 5.16 Å². The molecule has 0 amide bonds. The third-order valence-corrected chi connectivity index (χ3v) is 2.88. The first-order chi connectivity index (χ1) is 9.15. The van der Waals surface area contributed by atoms with Crippen LogP contribution in [0, 0.1) is 0 Å². The zero-order valence-electron chi connectivity index (χ0n) is 9.75. The van der Waals surface area contributed by atoms with E-state index in [0.717, 1.165) is 0 Å². The molecule has 0 spiro atoms. The Labute approximate surface area is 107 Å². The molecule has 1 aromatic carbocycles. The van der Waals surface area contributed by atoms with Gasteiger partial charge in [-0.3, -0.25) is 9.59 Å². The summed E-state index contributed by atoms with van der Waals surface area (Å²) >= 11 is 0. The van der Waals surface area contributed by atoms with E-state index in [9.17, 15) is 9.59 Å². The zero-order valence-corrected chi connectivity index (χ0v) is 9.75. The normalized spacial score (nSPS) is 13.2. The number of fused-ring (bicyclic) bond motifs is 2. The van der Waals surface area contributed by atoms with Crippen molar-refractivity contribution >= 4 is 11.8 Å². The number of aromatic nitrogens is 1. The smallest absolute Gasteiger partial charge is 0.307 e. The van der Waals surface area contributed by atoms with Crippen molar-refractivity contribution in [2.24, 2.45) is 0 Å². The quantitative estimate of drug-likeness (QED) is 0.877. The first-order valence-electron chi connectivity index (χ1n) is 5.61. The van der Waals surface area contributed by atoms with Crippen LogP contribution in [-0.4, -0.2) is 22.0 Å². The number of carbonyl (C=O) groups excluding carboxylic acids is 1. The van der Waals surface area contributed by atoms with Crippen LogP contribution in [0.3, 0.4) is 0 Å². The molecule has 2 aromatic rings. The van der Waals surface area contributed by atoms with Crippen LogP contribution in [0.1, 0.15) is 27.2 Å². The molecule has 19 heavy (non-hydrogen) atoms. The molecule has 0 atom stereocenters. The van der Waals surface area contributed by atoms with E-state index in [4.69, 9.17) is 14.4 Å². The summed E-state index contributed by atoms with van der Waals surface area (Å²) in [6, 6.07) is 4.75. The number of rotatable bonds is 2. The van der Waals surface area contributed by atoms with E-state index in [1.54, 1.807) is 12.1 Å². The van der Waals surface area contributed by atoms with Gasteiger partial charge in [0.2, 0.25) is 11.5 Å². The number of carbonyl (C=O) groups is 2. The van der Waals surface area contributed by atoms with Gasteiger partial charge in [0, 0.05) is 0 Å². The molecule has 1 aliphatic heterocycles. The Morgan fingerprint density at radius 2 is 2.26 bits per heavy atom. The summed E-state index contributed by atoms with van der Waals surface area (Å²) in [5, 5.41) is 12.3. The number of hydrogen-bond acceptors (Lipinski definition) is 5. The van der Waals surface area contributed by atoms with Crippen molar-refractivity contribution < 1.29 is 24.0 Å². The average Bonchev–Trinajstić information content (AvgIpc) is 2.79. The van der Waals surface area contributed by atoms with Gasteiger partial charge in [0.15, 0.2) is 0 Å². The summed E-state index contributed by atoms with van der Waals surface area (Å²) < 4.78 is 10.4. The molecule has 0 fully saturated rings. The average molecular weight is 259 g/mol. The highest BCUT2D eigenvalue weighted by atomic mass is 16.5. The molecule has 1 aliphatic rings. The number of hydrogen-bond donors (Lipinski definition) is 1. The van der Waals surface area contributed by atoms with Crippen LogP contribution in [0.25, 0.3) is 0 Å². The molecule has 1 aromatic heterocycles. The molecule has 6 heteroatoms. The monoisotopic (exact) mass is 259 g/mol. The summed E-state index contributed by atoms with van der Waals surface area (Å²) in [6.07, 6.45) is 1.29. The number of nitrogens with zero attached hydrogens (tertiary/aromatic N) is 1. The highest BCUT2D eigenvalue weighted by Crippen LogP contribution is 2.29. The Morgan fingerprint density at radius 1 is 1.42 bits per heavy atom. The minimum absolute atomic E-state index is 0.145. The molecule has 0 aliphatic carbocycles. The summed E-state index contributed by atoms with van der Waals surface area (Å²) in [6.45, 7) is 0.204. The summed E-state index contributed by atoms with van der Waals surface area (Å²) in [5.74, 6) is -0.730. The van der Waals surface area contributed by atoms with E-state index >= 15 is 0 Å². The largest absolute Gasteiger partial charge is 0.488 e. The van der Waals surface area contributed by atoms with Gasteiger partial charge in [-0.05, 0) is 17.7 Å². The third kappa shape index (κ3) is 1.97. The van der Waals surface area contributed by atoms with Crippen molar-refractivity contribution in [3.63, 3.8) is 0 Å². The Balaban J connectivity index is 2.07. The fraction of sp³-hybridized carbons (Fsp3) is 0.154. The van der Waals surface area contributed by atoms with Crippen LogP contribution in [0.15, 0.2) is 28.9 Å². The highest BCUT2D eigenvalue weighted by molar-refractivity contribution is 6.10. The predicted octanol–water partition coefficient (Wildman–Crippen LogP) is 1.43. The predicted molar refractivity (Wildman–Crippen MR) is 62.0 cm³/mol. The van der Waals surface area contributed by atoms with Gasteiger partial charge in [-0.1, -0.05) is 11.2 Å². The van der Waals surface area contributed by atoms with Crippen LogP contribution >= 0.6 is 0 Å². The Morgan fingerprint density at radius 3 is 3.05 bits per heavy atom. The minimum atomic E-state index is -0.956. The SMILES string of the molecule is O=C(O)Cc1ccc2c(c1)C(=O)c1oncc1CO2. The molecule has 1 N–H and O–H groups in total. The standard InChI is InChI=1S/C13H9NO5/c15-11(16)4-7-1-2-10-9(3-7)12(17)13-8(6-18-10)5-14-19-13/h1-3,5H,4,6H2,(H,15,16). The van der Waals surface area contributed by atoms with E-state index in [1.165, 1.54) is 12.3 Å². The molecule has 96 valence electrons. The van der Waals surface area contributed by atoms with Gasteiger partial charge in [0.05, 0.1) is 23.7 Å². The van der Waals surface area contributed by atoms with E-state index < -0.39 is 5.97 Å². The lowest BCUT2D eigenvalue weighted by Gasteiger charge is -2.07. The van der Waals surface area contributed by atoms with Crippen LogP contribution in [0.2, 0.25) is 0 Å². The zero-order chi connectivity index (χ0) is 13.4. The Kier molecular flexibility index (Phi) is 2.56. The van der Waals surface area contributed by atoms with Crippen molar-refractivity contribution in [2.45, 2.75) is 13.0 Å². The maximum absolute atomic E-state index is 12.3. The summed E-state index contributed by atoms with van der Waals surface area (Å²) in [7, 11) is 0. The second-order valence-electron chi connectivity index (χ2n) is 4.20. The number of carboxylic acid groups (broad SMARTS) is 1. The van der Waals surface area contributed by atoms with Crippen LogP contribution in [0.5, 0.6) is 5.75 Å². The molecule has 3 rings (SSSR count). The van der Waals surface area contributed by atoms with E-state index in [0.29, 0.717) is 22.4 Å². The van der Waals surface area contributed by atoms with Gasteiger partial charge < -0.3 is 14.4 Å². The first kappa shape index (κ1) is 11.5. The number of ketones is 1. The molecule has 0 bridgehead atoms. The molecule has 0 saturated heterocycles. The van der Waals surface area contributed by atoms with E-state index in [2.05, 4.69) is 5.16 Å². The maximum atomic E-state index is 12.3. The van der Waals surface area contributed by atoms with Gasteiger partial charge in [0.1, 0.15) is 12.4 Å². The number of aliphatic carboxylic acids is 1. The number of ether oxygens (including phenoxy) is 1. The van der Waals surface area contributed by atoms with Gasteiger partial charge in [-0.25, -0.2) is 0 Å². The molecule has 0 saturated carbocycles. The molecule has 0 unspecified atom stereocenters. The maximum Gasteiger partial charge on any atom is 0.307 e. The topological polar surface area (TPSA) is 89.6 Å². The lowest BCUT2D eigenvalue weighted by atomic mass is 10.0. The second-order valence-corrected chi connectivity index (χ2v) is 4.20. The van der Waals surface area contributed by atoms with Crippen molar-refractivity contribution in [3.05, 3.63) is 46.8 Å². The fourth-order valence-corrected chi connectivity index (χ4v) is 1.99. The van der Waals surface area contributed by atoms with Gasteiger partial charge >= 0.3 is 5.97 Å². The van der Waals surface area contributed by atoms with Crippen molar-refractivity contribution in [3.8, 4) is 5.75 Å². The second kappa shape index (κ2) is 4.24. The highest BCUT2D eigenvalue weighted by Gasteiger charge is 2.26. The van der Waals surface area contributed by atoms with E-state index in [1.807, 2.05) is 0 Å². The van der Waals surface area contributed by atoms with Crippen LogP contribution in [-0.2, 0) is 17.8 Å². The van der Waals surface area contributed by atoms with Crippen molar-refractivity contribution in [1.29, 1.82) is 0 Å². The molecule has 2 heterocycles. The lowest BCUT2D eigenvalue weighted by molar-refractivity contribution is -0.136. The summed E-state index contributed by atoms with van der Waals surface area (Å²) in [5.41, 5.74) is 1.42. The molecule has 6 nitrogen and oxygen atoms in total. The Bertz CT molecular complexity index is 673. The van der Waals surface area contributed by atoms with Crippen molar-refractivity contribution in [2.75, 3.05) is 0 Å². The molecule has 0 radical (unpaired) electrons. The van der Waals surface area contributed by atoms with Gasteiger partial charge in [-0.2, -0.15) is 0 Å². The Hall–Kier alpha value is -2.63. The first-order valence-corrected chi connectivity index (χ1v) is 5.61. The number of carboxylic acids is 1. The summed E-state index contributed by atoms with van der Waals surface area (Å²) in [4.78, 5) is 23.0. The lowest BCUT2D eigenvalue weighted by Crippen LogP contribution is -2.04. The molecular weight excluding hydrogens is 250 g/mol. The van der Waals surface area contributed by atoms with Crippen LogP contribution in [0.4, 0.5) is 0 Å².